The zero-order chi connectivity index (χ0) is 24.6. The fourth-order valence-corrected chi connectivity index (χ4v) is 6.49. The molecule has 3 aliphatic carbocycles. The lowest BCUT2D eigenvalue weighted by Gasteiger charge is -2.54. The molecule has 2 atom stereocenters. The van der Waals surface area contributed by atoms with Crippen molar-refractivity contribution in [3.63, 3.8) is 0 Å². The van der Waals surface area contributed by atoms with E-state index in [1.165, 1.54) is 88.7 Å². The van der Waals surface area contributed by atoms with E-state index in [2.05, 4.69) is 38.1 Å². The van der Waals surface area contributed by atoms with Crippen molar-refractivity contribution >= 4 is 5.97 Å². The summed E-state index contributed by atoms with van der Waals surface area (Å²) in [6.45, 7) is 5.05. The Balaban J connectivity index is 1.24. The van der Waals surface area contributed by atoms with Gasteiger partial charge in [0.1, 0.15) is 12.7 Å². The summed E-state index contributed by atoms with van der Waals surface area (Å²) >= 11 is 0. The summed E-state index contributed by atoms with van der Waals surface area (Å²) in [5.74, 6) is -0.366. The van der Waals surface area contributed by atoms with E-state index in [4.69, 9.17) is 14.2 Å². The molecule has 1 aromatic carbocycles. The predicted octanol–water partition coefficient (Wildman–Crippen LogP) is 7.95. The van der Waals surface area contributed by atoms with E-state index >= 15 is 0 Å². The van der Waals surface area contributed by atoms with Gasteiger partial charge in [-0.2, -0.15) is 0 Å². The number of benzene rings is 1. The summed E-state index contributed by atoms with van der Waals surface area (Å²) in [6, 6.07) is 9.13. The third-order valence-corrected chi connectivity index (χ3v) is 8.93. The van der Waals surface area contributed by atoms with Crippen molar-refractivity contribution < 1.29 is 19.0 Å². The van der Waals surface area contributed by atoms with Crippen LogP contribution < -0.4 is 0 Å². The molecule has 0 amide bonds. The molecule has 4 nitrogen and oxygen atoms in total. The molecular formula is C31H46O4. The van der Waals surface area contributed by atoms with Crippen LogP contribution in [0.1, 0.15) is 121 Å². The largest absolute Gasteiger partial charge is 0.430 e. The molecule has 1 saturated heterocycles. The molecule has 1 aliphatic heterocycles. The van der Waals surface area contributed by atoms with Crippen LogP contribution in [0.4, 0.5) is 0 Å². The van der Waals surface area contributed by atoms with E-state index in [9.17, 15) is 4.79 Å². The van der Waals surface area contributed by atoms with Gasteiger partial charge in [-0.25, -0.2) is 4.79 Å². The average Bonchev–Trinajstić information content (AvgIpc) is 2.90. The highest BCUT2D eigenvalue weighted by molar-refractivity contribution is 5.81. The molecule has 4 fully saturated rings. The number of ether oxygens (including phenoxy) is 3. The predicted molar refractivity (Wildman–Crippen MR) is 140 cm³/mol. The number of allylic oxidation sites excluding steroid dienone is 1. The third kappa shape index (κ3) is 6.77. The van der Waals surface area contributed by atoms with Crippen molar-refractivity contribution in [3.8, 4) is 0 Å². The van der Waals surface area contributed by atoms with Crippen LogP contribution in [0.15, 0.2) is 36.4 Å². The second-order valence-electron chi connectivity index (χ2n) is 11.3. The molecule has 0 radical (unpaired) electrons. The Morgan fingerprint density at radius 1 is 0.914 bits per heavy atom. The van der Waals surface area contributed by atoms with E-state index in [0.29, 0.717) is 17.4 Å². The number of rotatable bonds is 12. The fraction of sp³-hybridized carbons (Fsp3) is 0.710. The van der Waals surface area contributed by atoms with Gasteiger partial charge in [0.2, 0.25) is 6.29 Å². The first kappa shape index (κ1) is 26.4. The first-order chi connectivity index (χ1) is 17.1. The summed E-state index contributed by atoms with van der Waals surface area (Å²) in [5, 5.41) is 0. The molecule has 3 saturated carbocycles. The smallest absolute Gasteiger partial charge is 0.332 e. The SMILES string of the molecule is CCC/C=C/C(=O)OC1COC(c2ccc(C34CCC(CCCCCCC)(CC3)CC4)cc2)CO1. The molecule has 0 N–H and O–H groups in total. The molecule has 4 aliphatic rings. The molecule has 5 rings (SSSR count). The molecular weight excluding hydrogens is 436 g/mol. The van der Waals surface area contributed by atoms with Gasteiger partial charge in [0.15, 0.2) is 0 Å². The van der Waals surface area contributed by atoms with Crippen LogP contribution >= 0.6 is 0 Å². The van der Waals surface area contributed by atoms with E-state index in [-0.39, 0.29) is 18.7 Å². The molecule has 0 aromatic heterocycles. The number of carbonyl (C=O) groups excluding carboxylic acids is 1. The highest BCUT2D eigenvalue weighted by atomic mass is 16.7. The molecule has 1 aromatic rings. The normalized spacial score (nSPS) is 30.6. The molecule has 4 heteroatoms. The Labute approximate surface area is 212 Å². The van der Waals surface area contributed by atoms with Gasteiger partial charge in [0.25, 0.3) is 0 Å². The lowest BCUT2D eigenvalue weighted by atomic mass is 9.51. The van der Waals surface area contributed by atoms with E-state index in [0.717, 1.165) is 18.4 Å². The molecule has 1 heterocycles. The van der Waals surface area contributed by atoms with Crippen molar-refractivity contribution in [1.82, 2.24) is 0 Å². The van der Waals surface area contributed by atoms with Crippen LogP contribution in [0.25, 0.3) is 0 Å². The number of esters is 1. The van der Waals surface area contributed by atoms with Gasteiger partial charge < -0.3 is 14.2 Å². The number of hydrogen-bond acceptors (Lipinski definition) is 4. The van der Waals surface area contributed by atoms with E-state index < -0.39 is 6.29 Å². The van der Waals surface area contributed by atoms with Crippen molar-refractivity contribution in [1.29, 1.82) is 0 Å². The number of hydrogen-bond donors (Lipinski definition) is 0. The van der Waals surface area contributed by atoms with Gasteiger partial charge in [-0.15, -0.1) is 0 Å². The van der Waals surface area contributed by atoms with Gasteiger partial charge in [-0.1, -0.05) is 82.7 Å². The monoisotopic (exact) mass is 482 g/mol. The average molecular weight is 483 g/mol. The Morgan fingerprint density at radius 3 is 2.26 bits per heavy atom. The fourth-order valence-electron chi connectivity index (χ4n) is 6.49. The van der Waals surface area contributed by atoms with Gasteiger partial charge in [-0.05, 0) is 73.3 Å². The molecule has 194 valence electrons. The molecule has 2 bridgehead atoms. The molecule has 0 spiro atoms. The molecule has 2 unspecified atom stereocenters. The van der Waals surface area contributed by atoms with Crippen LogP contribution in [-0.2, 0) is 24.4 Å². The first-order valence-corrected chi connectivity index (χ1v) is 14.3. The van der Waals surface area contributed by atoms with Crippen LogP contribution in [0.3, 0.4) is 0 Å². The maximum Gasteiger partial charge on any atom is 0.332 e. The van der Waals surface area contributed by atoms with Crippen LogP contribution in [0.2, 0.25) is 0 Å². The Hall–Kier alpha value is -1.65. The summed E-state index contributed by atoms with van der Waals surface area (Å²) < 4.78 is 17.1. The zero-order valence-electron chi connectivity index (χ0n) is 22.1. The van der Waals surface area contributed by atoms with Crippen LogP contribution in [0, 0.1) is 5.41 Å². The minimum Gasteiger partial charge on any atom is -0.430 e. The topological polar surface area (TPSA) is 44.8 Å². The lowest BCUT2D eigenvalue weighted by molar-refractivity contribution is -0.230. The zero-order valence-corrected chi connectivity index (χ0v) is 22.1. The third-order valence-electron chi connectivity index (χ3n) is 8.93. The van der Waals surface area contributed by atoms with Crippen molar-refractivity contribution in [2.24, 2.45) is 5.41 Å². The van der Waals surface area contributed by atoms with Crippen LogP contribution in [0.5, 0.6) is 0 Å². The van der Waals surface area contributed by atoms with E-state index in [1.807, 2.05) is 6.08 Å². The van der Waals surface area contributed by atoms with Gasteiger partial charge in [0, 0.05) is 6.08 Å². The van der Waals surface area contributed by atoms with Crippen molar-refractivity contribution in [2.75, 3.05) is 13.2 Å². The minimum atomic E-state index is -0.625. The van der Waals surface area contributed by atoms with Gasteiger partial charge >= 0.3 is 5.97 Å². The van der Waals surface area contributed by atoms with Gasteiger partial charge in [0.05, 0.1) is 6.61 Å². The number of unbranched alkanes of at least 4 members (excludes halogenated alkanes) is 5. The van der Waals surface area contributed by atoms with Crippen molar-refractivity contribution in [2.45, 2.75) is 122 Å². The summed E-state index contributed by atoms with van der Waals surface area (Å²) in [4.78, 5) is 11.9. The van der Waals surface area contributed by atoms with Crippen molar-refractivity contribution in [3.05, 3.63) is 47.5 Å². The maximum absolute atomic E-state index is 11.9. The summed E-state index contributed by atoms with van der Waals surface area (Å²) in [7, 11) is 0. The molecule has 35 heavy (non-hydrogen) atoms. The Kier molecular flexibility index (Phi) is 9.46. The van der Waals surface area contributed by atoms with E-state index in [1.54, 1.807) is 0 Å². The summed E-state index contributed by atoms with van der Waals surface area (Å²) in [5.41, 5.74) is 3.69. The Morgan fingerprint density at radius 2 is 1.63 bits per heavy atom. The second kappa shape index (κ2) is 12.5. The van der Waals surface area contributed by atoms with Crippen LogP contribution in [-0.4, -0.2) is 25.5 Å². The van der Waals surface area contributed by atoms with Gasteiger partial charge in [-0.3, -0.25) is 0 Å². The number of carbonyl (C=O) groups is 1. The summed E-state index contributed by atoms with van der Waals surface area (Å²) in [6.07, 6.45) is 21.2. The number of fused-ring (bicyclic) bond motifs is 3. The quantitative estimate of drug-likeness (QED) is 0.172. The highest BCUT2D eigenvalue weighted by Crippen LogP contribution is 2.59. The maximum atomic E-state index is 11.9. The first-order valence-electron chi connectivity index (χ1n) is 14.3. The standard InChI is InChI=1S/C31H46O4/c1-3-5-7-8-10-16-30-17-20-31(21-18-30,22-19-30)26-14-12-25(13-15-26)27-23-34-29(24-33-27)35-28(32)11-9-6-4-2/h9,11-15,27,29H,3-8,10,16-24H2,1-2H3/b11-9+. The Bertz CT molecular complexity index is 794. The second-order valence-corrected chi connectivity index (χ2v) is 11.3. The highest BCUT2D eigenvalue weighted by Gasteiger charge is 2.48. The minimum absolute atomic E-state index is 0.106. The lowest BCUT2D eigenvalue weighted by Crippen LogP contribution is -2.44.